The van der Waals surface area contributed by atoms with Gasteiger partial charge in [0.05, 0.1) is 45.7 Å². The number of benzene rings is 2. The summed E-state index contributed by atoms with van der Waals surface area (Å²) in [5, 5.41) is 9.29. The van der Waals surface area contributed by atoms with Crippen molar-refractivity contribution in [1.29, 1.82) is 0 Å². The van der Waals surface area contributed by atoms with E-state index in [1.807, 2.05) is 33.8 Å². The molecule has 3 N–H and O–H groups in total. The molecule has 0 radical (unpaired) electrons. The molecular formula is C41H53F2IN8O5. The lowest BCUT2D eigenvalue weighted by Crippen LogP contribution is -3.00. The van der Waals surface area contributed by atoms with Crippen LogP contribution in [0.3, 0.4) is 0 Å². The lowest BCUT2D eigenvalue weighted by molar-refractivity contribution is -0.918. The molecule has 2 fully saturated rings. The largest absolute Gasteiger partial charge is 1.00 e. The fraction of sp³-hybridized carbons (Fsp3) is 0.488. The van der Waals surface area contributed by atoms with Crippen LogP contribution in [0, 0.1) is 23.5 Å². The average molecular weight is 903 g/mol. The number of quaternary nitrogens is 1. The van der Waals surface area contributed by atoms with Gasteiger partial charge in [0.1, 0.15) is 5.60 Å². The second-order valence-corrected chi connectivity index (χ2v) is 16.1. The Hall–Kier alpha value is -4.58. The molecule has 0 spiro atoms. The number of anilines is 2. The van der Waals surface area contributed by atoms with E-state index >= 15 is 0 Å². The smallest absolute Gasteiger partial charge is 0.410 e. The fourth-order valence-electron chi connectivity index (χ4n) is 7.58. The molecule has 2 aromatic carbocycles. The molecule has 4 aromatic rings. The van der Waals surface area contributed by atoms with Gasteiger partial charge in [-0.2, -0.15) is 4.39 Å². The summed E-state index contributed by atoms with van der Waals surface area (Å²) in [4.78, 5) is 49.0. The second kappa shape index (κ2) is 18.3. The Labute approximate surface area is 349 Å². The zero-order valence-corrected chi connectivity index (χ0v) is 35.6. The Kier molecular flexibility index (Phi) is 14.0. The number of hydrogen-bond acceptors (Lipinski definition) is 8. The van der Waals surface area contributed by atoms with E-state index in [4.69, 9.17) is 9.47 Å². The molecule has 0 saturated carbocycles. The first-order valence-corrected chi connectivity index (χ1v) is 19.3. The van der Waals surface area contributed by atoms with Crippen molar-refractivity contribution in [2.45, 2.75) is 59.0 Å². The number of halogens is 3. The van der Waals surface area contributed by atoms with Crippen molar-refractivity contribution in [3.63, 3.8) is 0 Å². The van der Waals surface area contributed by atoms with Crippen LogP contribution in [0.1, 0.15) is 62.9 Å². The molecule has 0 bridgehead atoms. The van der Waals surface area contributed by atoms with Crippen LogP contribution >= 0.6 is 0 Å². The van der Waals surface area contributed by atoms with Crippen molar-refractivity contribution < 1.29 is 61.1 Å². The molecule has 57 heavy (non-hydrogen) atoms. The molecule has 308 valence electrons. The van der Waals surface area contributed by atoms with E-state index in [-0.39, 0.29) is 59.1 Å². The van der Waals surface area contributed by atoms with Gasteiger partial charge in [0.15, 0.2) is 23.0 Å². The molecule has 6 rings (SSSR count). The number of likely N-dealkylation sites (tertiary alicyclic amines) is 2. The fourth-order valence-corrected chi connectivity index (χ4v) is 7.58. The average Bonchev–Trinajstić information content (AvgIpc) is 3.58. The standard InChI is InChI=1S/C41H52F2N8O5.HI/c1-7-27-21-29(48-36-37-47-22-32(50(37)18-17-44-36)31-11-12-33(55-6)35(43)34(31)42)9-10-30(27)39(53)46-16-8-15-45-38(52)28-13-19-51(5,20-14-28)25-26-23-49(24-26)40(54)56-41(2,3)4;/h9-12,17-18,21-22,26,28H,7-8,13-16,19-20,23-25H2,1-6H3,(H2-,44,45,46,48,52,53);1H. The van der Waals surface area contributed by atoms with Crippen molar-refractivity contribution in [2.24, 2.45) is 11.8 Å². The number of carbonyl (C=O) groups is 3. The number of methoxy groups -OCH3 is 1. The predicted octanol–water partition coefficient (Wildman–Crippen LogP) is 2.95. The molecular weight excluding hydrogens is 849 g/mol. The van der Waals surface area contributed by atoms with Crippen LogP contribution in [0.5, 0.6) is 5.75 Å². The minimum atomic E-state index is -1.08. The van der Waals surface area contributed by atoms with Gasteiger partial charge in [0.2, 0.25) is 11.7 Å². The minimum Gasteiger partial charge on any atom is -1.00 e. The predicted molar refractivity (Wildman–Crippen MR) is 209 cm³/mol. The van der Waals surface area contributed by atoms with Gasteiger partial charge in [-0.25, -0.2) is 19.2 Å². The number of imidazole rings is 1. The molecule has 0 unspecified atom stereocenters. The molecule has 0 aliphatic carbocycles. The summed E-state index contributed by atoms with van der Waals surface area (Å²) in [5.41, 5.74) is 2.35. The summed E-state index contributed by atoms with van der Waals surface area (Å²) in [6.07, 6.45) is 7.21. The van der Waals surface area contributed by atoms with Gasteiger partial charge in [-0.1, -0.05) is 6.92 Å². The summed E-state index contributed by atoms with van der Waals surface area (Å²) < 4.78 is 42.3. The van der Waals surface area contributed by atoms with Crippen LogP contribution in [0.25, 0.3) is 16.9 Å². The van der Waals surface area contributed by atoms with Crippen molar-refractivity contribution in [2.75, 3.05) is 65.3 Å². The number of aryl methyl sites for hydroxylation is 1. The summed E-state index contributed by atoms with van der Waals surface area (Å²) in [5.74, 6) is -1.61. The highest BCUT2D eigenvalue weighted by Crippen LogP contribution is 2.32. The Balaban J connectivity index is 0.00000620. The van der Waals surface area contributed by atoms with E-state index in [0.29, 0.717) is 60.3 Å². The zero-order chi connectivity index (χ0) is 40.2. The monoisotopic (exact) mass is 902 g/mol. The third-order valence-corrected chi connectivity index (χ3v) is 10.6. The van der Waals surface area contributed by atoms with E-state index in [0.717, 1.165) is 55.6 Å². The second-order valence-electron chi connectivity index (χ2n) is 16.1. The van der Waals surface area contributed by atoms with Crippen LogP contribution in [0.2, 0.25) is 0 Å². The molecule has 4 heterocycles. The number of aromatic nitrogens is 3. The number of piperidine rings is 1. The summed E-state index contributed by atoms with van der Waals surface area (Å²) in [6, 6.07) is 8.21. The number of rotatable bonds is 13. The minimum absolute atomic E-state index is 0. The van der Waals surface area contributed by atoms with Crippen LogP contribution in [0.15, 0.2) is 48.9 Å². The normalized spacial score (nSPS) is 18.3. The van der Waals surface area contributed by atoms with Crippen LogP contribution in [0.4, 0.5) is 25.1 Å². The lowest BCUT2D eigenvalue weighted by Gasteiger charge is -2.47. The van der Waals surface area contributed by atoms with Gasteiger partial charge in [-0.3, -0.25) is 14.0 Å². The number of fused-ring (bicyclic) bond motifs is 1. The number of nitrogens with one attached hydrogen (secondary N) is 3. The van der Waals surface area contributed by atoms with Crippen molar-refractivity contribution in [3.05, 3.63) is 71.7 Å². The van der Waals surface area contributed by atoms with E-state index < -0.39 is 17.2 Å². The SMILES string of the molecule is CCc1cc(Nc2nccn3c(-c4ccc(OC)c(F)c4F)cnc23)ccc1C(=O)NCCCNC(=O)C1CC[N+](C)(CC2CN(C(=O)OC(C)(C)C)C2)CC1.[I-]. The van der Waals surface area contributed by atoms with Crippen molar-refractivity contribution in [3.8, 4) is 17.0 Å². The van der Waals surface area contributed by atoms with E-state index in [1.54, 1.807) is 27.6 Å². The van der Waals surface area contributed by atoms with Crippen molar-refractivity contribution in [1.82, 2.24) is 29.9 Å². The quantitative estimate of drug-likeness (QED) is 0.106. The highest BCUT2D eigenvalue weighted by Gasteiger charge is 2.41. The van der Waals surface area contributed by atoms with Gasteiger partial charge >= 0.3 is 6.09 Å². The van der Waals surface area contributed by atoms with Gasteiger partial charge in [0, 0.05) is 80.1 Å². The first-order valence-electron chi connectivity index (χ1n) is 19.3. The third kappa shape index (κ3) is 10.3. The molecule has 2 aromatic heterocycles. The summed E-state index contributed by atoms with van der Waals surface area (Å²) in [6.45, 7) is 12.8. The number of ether oxygens (including phenoxy) is 2. The molecule has 2 saturated heterocycles. The van der Waals surface area contributed by atoms with E-state index in [1.165, 1.54) is 31.6 Å². The Morgan fingerprint density at radius 3 is 2.40 bits per heavy atom. The summed E-state index contributed by atoms with van der Waals surface area (Å²) in [7, 11) is 3.52. The molecule has 16 heteroatoms. The van der Waals surface area contributed by atoms with E-state index in [2.05, 4.69) is 33.0 Å². The first-order chi connectivity index (χ1) is 26.7. The Morgan fingerprint density at radius 2 is 1.72 bits per heavy atom. The molecule has 3 amide bonds. The molecule has 2 aliphatic heterocycles. The highest BCUT2D eigenvalue weighted by atomic mass is 127. The number of amides is 3. The first kappa shape index (κ1) is 43.5. The maximum Gasteiger partial charge on any atom is 0.410 e. The van der Waals surface area contributed by atoms with Gasteiger partial charge < -0.3 is 58.8 Å². The number of nitrogens with zero attached hydrogens (tertiary/aromatic N) is 5. The lowest BCUT2D eigenvalue weighted by atomic mass is 9.91. The topological polar surface area (TPSA) is 139 Å². The molecule has 2 aliphatic rings. The Morgan fingerprint density at radius 1 is 1.00 bits per heavy atom. The maximum atomic E-state index is 14.9. The van der Waals surface area contributed by atoms with Crippen molar-refractivity contribution >= 4 is 35.1 Å². The van der Waals surface area contributed by atoms with E-state index in [9.17, 15) is 23.2 Å². The van der Waals surface area contributed by atoms with Gasteiger partial charge in [-0.15, -0.1) is 0 Å². The van der Waals surface area contributed by atoms with Crippen LogP contribution < -0.4 is 44.7 Å². The van der Waals surface area contributed by atoms with Gasteiger partial charge in [0.25, 0.3) is 5.91 Å². The zero-order valence-electron chi connectivity index (χ0n) is 33.5. The molecule has 13 nitrogen and oxygen atoms in total. The highest BCUT2D eigenvalue weighted by molar-refractivity contribution is 5.96. The van der Waals surface area contributed by atoms with Crippen LogP contribution in [-0.2, 0) is 16.0 Å². The maximum absolute atomic E-state index is 14.9. The van der Waals surface area contributed by atoms with Gasteiger partial charge in [-0.05, 0) is 69.5 Å². The number of hydrogen-bond donors (Lipinski definition) is 3. The summed E-state index contributed by atoms with van der Waals surface area (Å²) >= 11 is 0. The Bertz CT molecular complexity index is 2080. The van der Waals surface area contributed by atoms with Crippen LogP contribution in [-0.4, -0.2) is 107 Å². The third-order valence-electron chi connectivity index (χ3n) is 10.6. The number of carbonyl (C=O) groups excluding carboxylic acids is 3. The molecule has 0 atom stereocenters.